The predicted octanol–water partition coefficient (Wildman–Crippen LogP) is 2.19. The summed E-state index contributed by atoms with van der Waals surface area (Å²) in [6.07, 6.45) is 5.64. The highest BCUT2D eigenvalue weighted by atomic mass is 16.2. The summed E-state index contributed by atoms with van der Waals surface area (Å²) in [6, 6.07) is 8.46. The number of hydrogen-bond acceptors (Lipinski definition) is 5. The Morgan fingerprint density at radius 2 is 2.06 bits per heavy atom. The fraction of sp³-hybridized carbons (Fsp3) is 0.583. The predicted molar refractivity (Wildman–Crippen MR) is 124 cm³/mol. The molecule has 31 heavy (non-hydrogen) atoms. The van der Waals surface area contributed by atoms with Gasteiger partial charge in [0.2, 0.25) is 5.91 Å². The monoisotopic (exact) mass is 424 g/mol. The van der Waals surface area contributed by atoms with Crippen molar-refractivity contribution in [2.45, 2.75) is 32.4 Å². The van der Waals surface area contributed by atoms with Crippen LogP contribution in [0, 0.1) is 5.92 Å². The van der Waals surface area contributed by atoms with Gasteiger partial charge < -0.3 is 15.1 Å². The molecule has 2 aromatic rings. The van der Waals surface area contributed by atoms with Crippen LogP contribution in [-0.4, -0.2) is 77.2 Å². The summed E-state index contributed by atoms with van der Waals surface area (Å²) in [5, 5.41) is 7.70. The number of benzene rings is 1. The SMILES string of the molecule is CN(C)CCN(Cc1ccnn1C)C(=O)CNc1cccc2c1CCN(CC1CC1)C2. The van der Waals surface area contributed by atoms with E-state index in [0.29, 0.717) is 19.6 Å². The molecule has 1 aliphatic carbocycles. The van der Waals surface area contributed by atoms with Crippen molar-refractivity contribution in [1.29, 1.82) is 0 Å². The van der Waals surface area contributed by atoms with Crippen molar-refractivity contribution < 1.29 is 4.79 Å². The van der Waals surface area contributed by atoms with Crippen LogP contribution >= 0.6 is 0 Å². The van der Waals surface area contributed by atoms with Crippen LogP contribution in [0.2, 0.25) is 0 Å². The molecule has 1 saturated carbocycles. The molecule has 1 fully saturated rings. The van der Waals surface area contributed by atoms with Crippen LogP contribution in [-0.2, 0) is 31.4 Å². The first-order chi connectivity index (χ1) is 15.0. The van der Waals surface area contributed by atoms with Gasteiger partial charge in [0.1, 0.15) is 0 Å². The van der Waals surface area contributed by atoms with Gasteiger partial charge in [0.05, 0.1) is 18.8 Å². The van der Waals surface area contributed by atoms with Crippen molar-refractivity contribution in [3.05, 3.63) is 47.3 Å². The van der Waals surface area contributed by atoms with Gasteiger partial charge in [-0.2, -0.15) is 5.10 Å². The van der Waals surface area contributed by atoms with E-state index >= 15 is 0 Å². The Morgan fingerprint density at radius 1 is 1.23 bits per heavy atom. The summed E-state index contributed by atoms with van der Waals surface area (Å²) in [5.41, 5.74) is 4.95. The molecule has 7 nitrogen and oxygen atoms in total. The van der Waals surface area contributed by atoms with Crippen molar-refractivity contribution in [2.24, 2.45) is 13.0 Å². The topological polar surface area (TPSA) is 56.6 Å². The normalized spacial score (nSPS) is 16.4. The lowest BCUT2D eigenvalue weighted by Gasteiger charge is -2.30. The minimum absolute atomic E-state index is 0.117. The first-order valence-corrected chi connectivity index (χ1v) is 11.5. The Morgan fingerprint density at radius 3 is 2.77 bits per heavy atom. The maximum atomic E-state index is 13.1. The minimum Gasteiger partial charge on any atom is -0.376 e. The molecule has 0 unspecified atom stereocenters. The van der Waals surface area contributed by atoms with E-state index < -0.39 is 0 Å². The van der Waals surface area contributed by atoms with E-state index in [1.807, 2.05) is 36.8 Å². The maximum absolute atomic E-state index is 13.1. The Kier molecular flexibility index (Phi) is 6.92. The molecule has 2 aliphatic rings. The zero-order valence-electron chi connectivity index (χ0n) is 19.2. The summed E-state index contributed by atoms with van der Waals surface area (Å²) in [4.78, 5) is 19.7. The van der Waals surface area contributed by atoms with E-state index in [1.165, 1.54) is 30.5 Å². The lowest BCUT2D eigenvalue weighted by Crippen LogP contribution is -2.40. The van der Waals surface area contributed by atoms with Crippen LogP contribution in [0.15, 0.2) is 30.5 Å². The number of hydrogen-bond donors (Lipinski definition) is 1. The Balaban J connectivity index is 1.38. The number of aryl methyl sites for hydroxylation is 1. The van der Waals surface area contributed by atoms with Crippen molar-refractivity contribution in [3.63, 3.8) is 0 Å². The largest absolute Gasteiger partial charge is 0.376 e. The number of carbonyl (C=O) groups excluding carboxylic acids is 1. The standard InChI is InChI=1S/C24H36N6O/c1-27(2)13-14-30(18-21-9-11-26-28(21)3)24(31)15-25-23-6-4-5-20-17-29(12-10-22(20)23)16-19-7-8-19/h4-6,9,11,19,25H,7-8,10,12-18H2,1-3H3. The van der Waals surface area contributed by atoms with Gasteiger partial charge in [0.15, 0.2) is 0 Å². The second-order valence-corrected chi connectivity index (χ2v) is 9.29. The summed E-state index contributed by atoms with van der Waals surface area (Å²) < 4.78 is 1.84. The first-order valence-electron chi connectivity index (χ1n) is 11.5. The molecule has 1 aliphatic heterocycles. The molecular weight excluding hydrogens is 388 g/mol. The van der Waals surface area contributed by atoms with E-state index in [4.69, 9.17) is 0 Å². The Labute approximate surface area is 186 Å². The van der Waals surface area contributed by atoms with Crippen molar-refractivity contribution in [3.8, 4) is 0 Å². The highest BCUT2D eigenvalue weighted by molar-refractivity contribution is 5.81. The van der Waals surface area contributed by atoms with Crippen molar-refractivity contribution in [2.75, 3.05) is 52.1 Å². The quantitative estimate of drug-likeness (QED) is 0.634. The van der Waals surface area contributed by atoms with Gasteiger partial charge in [0.25, 0.3) is 0 Å². The third kappa shape index (κ3) is 5.86. The highest BCUT2D eigenvalue weighted by Crippen LogP contribution is 2.32. The lowest BCUT2D eigenvalue weighted by molar-refractivity contribution is -0.130. The van der Waals surface area contributed by atoms with Gasteiger partial charge in [-0.3, -0.25) is 14.4 Å². The zero-order valence-corrected chi connectivity index (χ0v) is 19.2. The molecule has 1 aromatic carbocycles. The molecule has 1 aromatic heterocycles. The van der Waals surface area contributed by atoms with Crippen LogP contribution in [0.1, 0.15) is 29.7 Å². The molecule has 7 heteroatoms. The number of amides is 1. The fourth-order valence-electron chi connectivity index (χ4n) is 4.30. The molecule has 0 bridgehead atoms. The third-order valence-corrected chi connectivity index (χ3v) is 6.43. The van der Waals surface area contributed by atoms with Crippen LogP contribution in [0.3, 0.4) is 0 Å². The molecular formula is C24H36N6O. The number of anilines is 1. The number of nitrogens with zero attached hydrogens (tertiary/aromatic N) is 5. The second kappa shape index (κ2) is 9.83. The molecule has 4 rings (SSSR count). The lowest BCUT2D eigenvalue weighted by atomic mass is 9.97. The fourth-order valence-corrected chi connectivity index (χ4v) is 4.30. The zero-order chi connectivity index (χ0) is 21.8. The number of nitrogens with one attached hydrogen (secondary N) is 1. The number of carbonyl (C=O) groups is 1. The number of rotatable bonds is 10. The second-order valence-electron chi connectivity index (χ2n) is 9.29. The third-order valence-electron chi connectivity index (χ3n) is 6.43. The van der Waals surface area contributed by atoms with E-state index in [9.17, 15) is 4.79 Å². The van der Waals surface area contributed by atoms with Gasteiger partial charge in [-0.15, -0.1) is 0 Å². The Hall–Kier alpha value is -2.38. The molecule has 0 atom stereocenters. The summed E-state index contributed by atoms with van der Waals surface area (Å²) in [7, 11) is 5.99. The molecule has 0 saturated heterocycles. The van der Waals surface area contributed by atoms with E-state index in [2.05, 4.69) is 38.4 Å². The van der Waals surface area contributed by atoms with Gasteiger partial charge >= 0.3 is 0 Å². The maximum Gasteiger partial charge on any atom is 0.242 e. The summed E-state index contributed by atoms with van der Waals surface area (Å²) >= 11 is 0. The van der Waals surface area contributed by atoms with Gasteiger partial charge in [-0.1, -0.05) is 12.1 Å². The van der Waals surface area contributed by atoms with Crippen molar-refractivity contribution in [1.82, 2.24) is 24.5 Å². The molecule has 168 valence electrons. The van der Waals surface area contributed by atoms with Crippen LogP contribution in [0.25, 0.3) is 0 Å². The molecule has 1 amide bonds. The van der Waals surface area contributed by atoms with E-state index in [-0.39, 0.29) is 5.91 Å². The average molecular weight is 425 g/mol. The van der Waals surface area contributed by atoms with Crippen LogP contribution in [0.4, 0.5) is 5.69 Å². The molecule has 0 spiro atoms. The van der Waals surface area contributed by atoms with Crippen LogP contribution < -0.4 is 5.32 Å². The number of likely N-dealkylation sites (N-methyl/N-ethyl adjacent to an activating group) is 1. The highest BCUT2D eigenvalue weighted by Gasteiger charge is 2.27. The summed E-state index contributed by atoms with van der Waals surface area (Å²) in [6.45, 7) is 5.81. The van der Waals surface area contributed by atoms with Gasteiger partial charge in [-0.25, -0.2) is 0 Å². The smallest absolute Gasteiger partial charge is 0.242 e. The number of aromatic nitrogens is 2. The minimum atomic E-state index is 0.117. The Bertz CT molecular complexity index is 888. The van der Waals surface area contributed by atoms with Crippen molar-refractivity contribution >= 4 is 11.6 Å². The van der Waals surface area contributed by atoms with Gasteiger partial charge in [-0.05, 0) is 62.5 Å². The molecule has 0 radical (unpaired) electrons. The van der Waals surface area contributed by atoms with Crippen LogP contribution in [0.5, 0.6) is 0 Å². The molecule has 1 N–H and O–H groups in total. The molecule has 2 heterocycles. The van der Waals surface area contributed by atoms with E-state index in [0.717, 1.165) is 43.4 Å². The van der Waals surface area contributed by atoms with E-state index in [1.54, 1.807) is 6.20 Å². The van der Waals surface area contributed by atoms with Gasteiger partial charge in [0, 0.05) is 51.7 Å². The first kappa shape index (κ1) is 21.8. The number of fused-ring (bicyclic) bond motifs is 1. The average Bonchev–Trinajstić information content (AvgIpc) is 3.48. The summed E-state index contributed by atoms with van der Waals surface area (Å²) in [5.74, 6) is 1.04.